The Kier molecular flexibility index (Phi) is 7.46. The van der Waals surface area contributed by atoms with Crippen molar-refractivity contribution >= 4 is 61.2 Å². The lowest BCUT2D eigenvalue weighted by molar-refractivity contribution is 0.600. The maximum atomic E-state index is 7.01. The number of furan rings is 2. The van der Waals surface area contributed by atoms with E-state index in [1.807, 2.05) is 18.5 Å². The summed E-state index contributed by atoms with van der Waals surface area (Å²) < 4.78 is 13.8. The van der Waals surface area contributed by atoms with E-state index in [4.69, 9.17) is 18.8 Å². The quantitative estimate of drug-likeness (QED) is 0.176. The minimum absolute atomic E-state index is 0.224. The van der Waals surface area contributed by atoms with E-state index in [0.717, 1.165) is 55.6 Å². The van der Waals surface area contributed by atoms with Crippen molar-refractivity contribution in [3.63, 3.8) is 0 Å². The Morgan fingerprint density at radius 3 is 1.66 bits per heavy atom. The predicted octanol–water partition coefficient (Wildman–Crippen LogP) is 16.6. The number of aromatic nitrogens is 2. The summed E-state index contributed by atoms with van der Waals surface area (Å²) in [5, 5.41) is 4.68. The zero-order valence-corrected chi connectivity index (χ0v) is 38.7. The Morgan fingerprint density at radius 2 is 0.970 bits per heavy atom. The SMILES string of the molecule is Cc1ccc(-c2cc3c(c4c2oc2ccccc24)-c2ccc(N(c4ccc5c(c4)C(C)(C)c4c6c(c7c(oc8ccccc87)c4-5)-c4ccccc4C6(C)C)c4ncccn4)cc2C3(C)C)cc1. The van der Waals surface area contributed by atoms with Crippen LogP contribution >= 0.6 is 0 Å². The molecule has 0 saturated carbocycles. The second-order valence-corrected chi connectivity index (χ2v) is 20.6. The third kappa shape index (κ3) is 4.93. The molecule has 0 N–H and O–H groups in total. The van der Waals surface area contributed by atoms with Gasteiger partial charge in [-0.05, 0) is 122 Å². The van der Waals surface area contributed by atoms with Gasteiger partial charge in [-0.25, -0.2) is 9.97 Å². The molecule has 3 aliphatic rings. The smallest absolute Gasteiger partial charge is 0.234 e. The molecular formula is C62H47N3O2. The lowest BCUT2D eigenvalue weighted by Crippen LogP contribution is -2.24. The van der Waals surface area contributed by atoms with Crippen LogP contribution < -0.4 is 4.90 Å². The monoisotopic (exact) mass is 865 g/mol. The fraction of sp³-hybridized carbons (Fsp3) is 0.161. The minimum Gasteiger partial charge on any atom is -0.455 e. The Balaban J connectivity index is 0.976. The molecule has 0 bridgehead atoms. The number of benzene rings is 8. The Hall–Kier alpha value is -7.76. The zero-order valence-electron chi connectivity index (χ0n) is 38.7. The van der Waals surface area contributed by atoms with Crippen LogP contribution in [-0.4, -0.2) is 9.97 Å². The fourth-order valence-corrected chi connectivity index (χ4v) is 12.6. The molecule has 8 aromatic carbocycles. The molecule has 3 heterocycles. The fourth-order valence-electron chi connectivity index (χ4n) is 12.6. The van der Waals surface area contributed by atoms with Crippen LogP contribution in [0.25, 0.3) is 88.4 Å². The topological polar surface area (TPSA) is 55.3 Å². The highest BCUT2D eigenvalue weighted by atomic mass is 16.3. The number of hydrogen-bond donors (Lipinski definition) is 0. The summed E-state index contributed by atoms with van der Waals surface area (Å²) >= 11 is 0. The first-order chi connectivity index (χ1) is 32.4. The molecule has 0 atom stereocenters. The zero-order chi connectivity index (χ0) is 45.3. The van der Waals surface area contributed by atoms with Crippen LogP contribution in [0.5, 0.6) is 0 Å². The standard InChI is InChI=1S/C62H47N3O2/c1-34-21-23-35(24-22-34)43-33-47-50(52-41-16-9-12-19-48(41)66-57(43)52)39-27-25-36(31-45(39)60(47,2)3)65(59-63-29-14-30-64-59)37-26-28-40-46(32-37)62(6,7)56-54(40)58-53(42-17-10-13-20-49(42)67-58)51-38-15-8-11-18-44(38)61(4,5)55(51)56/h8-33H,1-7H3. The van der Waals surface area contributed by atoms with Gasteiger partial charge in [-0.2, -0.15) is 0 Å². The van der Waals surface area contributed by atoms with Crippen LogP contribution in [0.4, 0.5) is 17.3 Å². The molecule has 3 aromatic heterocycles. The molecular weight excluding hydrogens is 819 g/mol. The van der Waals surface area contributed by atoms with Crippen LogP contribution in [0.15, 0.2) is 167 Å². The molecule has 0 amide bonds. The van der Waals surface area contributed by atoms with Crippen molar-refractivity contribution in [2.45, 2.75) is 64.7 Å². The van der Waals surface area contributed by atoms with Gasteiger partial charge in [0.15, 0.2) is 0 Å². The summed E-state index contributed by atoms with van der Waals surface area (Å²) in [5.41, 5.74) is 23.7. The number of para-hydroxylation sites is 2. The predicted molar refractivity (Wildman–Crippen MR) is 274 cm³/mol. The molecule has 3 aliphatic carbocycles. The van der Waals surface area contributed by atoms with Gasteiger partial charge in [-0.15, -0.1) is 0 Å². The van der Waals surface area contributed by atoms with E-state index in [9.17, 15) is 0 Å². The number of fused-ring (bicyclic) bond motifs is 19. The molecule has 5 nitrogen and oxygen atoms in total. The first-order valence-electron chi connectivity index (χ1n) is 23.5. The molecule has 0 fully saturated rings. The van der Waals surface area contributed by atoms with Crippen LogP contribution in [0.3, 0.4) is 0 Å². The van der Waals surface area contributed by atoms with E-state index in [1.54, 1.807) is 0 Å². The van der Waals surface area contributed by atoms with E-state index in [1.165, 1.54) is 83.1 Å². The average Bonchev–Trinajstić information content (AvgIpc) is 4.09. The van der Waals surface area contributed by atoms with Gasteiger partial charge in [-0.3, -0.25) is 4.90 Å². The molecule has 67 heavy (non-hydrogen) atoms. The number of hydrogen-bond acceptors (Lipinski definition) is 5. The summed E-state index contributed by atoms with van der Waals surface area (Å²) in [6, 6.07) is 53.0. The van der Waals surface area contributed by atoms with Crippen LogP contribution in [0.1, 0.15) is 80.5 Å². The second-order valence-electron chi connectivity index (χ2n) is 20.6. The third-order valence-corrected chi connectivity index (χ3v) is 15.8. The van der Waals surface area contributed by atoms with Crippen molar-refractivity contribution < 1.29 is 8.83 Å². The molecule has 0 spiro atoms. The van der Waals surface area contributed by atoms with Crippen molar-refractivity contribution in [2.24, 2.45) is 0 Å². The van der Waals surface area contributed by atoms with Gasteiger partial charge in [0, 0.05) is 72.7 Å². The Labute approximate surface area is 389 Å². The van der Waals surface area contributed by atoms with Gasteiger partial charge in [0.2, 0.25) is 5.95 Å². The van der Waals surface area contributed by atoms with Crippen LogP contribution in [0.2, 0.25) is 0 Å². The van der Waals surface area contributed by atoms with Crippen molar-refractivity contribution in [1.82, 2.24) is 9.97 Å². The molecule has 0 radical (unpaired) electrons. The van der Waals surface area contributed by atoms with Gasteiger partial charge in [0.05, 0.1) is 0 Å². The van der Waals surface area contributed by atoms with Crippen molar-refractivity contribution in [3.05, 3.63) is 197 Å². The summed E-state index contributed by atoms with van der Waals surface area (Å²) in [7, 11) is 0. The number of rotatable bonds is 4. The maximum absolute atomic E-state index is 7.01. The van der Waals surface area contributed by atoms with E-state index in [-0.39, 0.29) is 16.2 Å². The van der Waals surface area contributed by atoms with E-state index < -0.39 is 0 Å². The summed E-state index contributed by atoms with van der Waals surface area (Å²) in [6.45, 7) is 16.5. The van der Waals surface area contributed by atoms with Crippen LogP contribution in [-0.2, 0) is 16.2 Å². The van der Waals surface area contributed by atoms with E-state index >= 15 is 0 Å². The molecule has 322 valence electrons. The van der Waals surface area contributed by atoms with Gasteiger partial charge < -0.3 is 8.83 Å². The van der Waals surface area contributed by atoms with E-state index in [0.29, 0.717) is 5.95 Å². The number of aryl methyl sites for hydroxylation is 1. The molecule has 0 unspecified atom stereocenters. The largest absolute Gasteiger partial charge is 0.455 e. The summed E-state index contributed by atoms with van der Waals surface area (Å²) in [4.78, 5) is 12.1. The second kappa shape index (κ2) is 13.0. The first kappa shape index (κ1) is 38.5. The maximum Gasteiger partial charge on any atom is 0.234 e. The molecule has 0 aliphatic heterocycles. The van der Waals surface area contributed by atoms with Crippen LogP contribution in [0, 0.1) is 6.92 Å². The van der Waals surface area contributed by atoms with Crippen molar-refractivity contribution in [3.8, 4) is 44.5 Å². The van der Waals surface area contributed by atoms with Gasteiger partial charge in [-0.1, -0.05) is 144 Å². The van der Waals surface area contributed by atoms with Gasteiger partial charge in [0.1, 0.15) is 22.3 Å². The number of nitrogens with zero attached hydrogens (tertiary/aromatic N) is 3. The van der Waals surface area contributed by atoms with E-state index in [2.05, 4.69) is 193 Å². The average molecular weight is 866 g/mol. The number of anilines is 3. The molecule has 0 saturated heterocycles. The third-order valence-electron chi connectivity index (χ3n) is 15.8. The Bertz CT molecular complexity index is 3960. The molecule has 11 aromatic rings. The minimum atomic E-state index is -0.365. The molecule has 5 heteroatoms. The normalized spacial score (nSPS) is 15.4. The lowest BCUT2D eigenvalue weighted by atomic mass is 9.72. The first-order valence-corrected chi connectivity index (χ1v) is 23.5. The highest BCUT2D eigenvalue weighted by molar-refractivity contribution is 6.21. The van der Waals surface area contributed by atoms with Gasteiger partial charge >= 0.3 is 0 Å². The summed E-state index contributed by atoms with van der Waals surface area (Å²) in [6.07, 6.45) is 3.68. The van der Waals surface area contributed by atoms with Crippen molar-refractivity contribution in [1.29, 1.82) is 0 Å². The van der Waals surface area contributed by atoms with Gasteiger partial charge in [0.25, 0.3) is 0 Å². The Morgan fingerprint density at radius 1 is 0.433 bits per heavy atom. The highest BCUT2D eigenvalue weighted by Crippen LogP contribution is 2.64. The molecule has 14 rings (SSSR count). The lowest BCUT2D eigenvalue weighted by Gasteiger charge is -2.31. The highest BCUT2D eigenvalue weighted by Gasteiger charge is 2.49. The van der Waals surface area contributed by atoms with Crippen molar-refractivity contribution in [2.75, 3.05) is 4.90 Å². The summed E-state index contributed by atoms with van der Waals surface area (Å²) in [5.74, 6) is 0.617.